The second-order valence-electron chi connectivity index (χ2n) is 8.45. The molecule has 0 aliphatic heterocycles. The van der Waals surface area contributed by atoms with Crippen molar-refractivity contribution in [1.29, 1.82) is 5.26 Å². The van der Waals surface area contributed by atoms with Gasteiger partial charge in [0.15, 0.2) is 0 Å². The summed E-state index contributed by atoms with van der Waals surface area (Å²) in [6.45, 7) is 0. The molecule has 3 aromatic carbocycles. The minimum atomic E-state index is -0.240. The first-order chi connectivity index (χ1) is 16.6. The molecule has 4 rings (SSSR count). The number of amides is 2. The third-order valence-electron chi connectivity index (χ3n) is 6.19. The molecule has 0 spiro atoms. The molecule has 1 fully saturated rings. The van der Waals surface area contributed by atoms with E-state index in [1.54, 1.807) is 36.4 Å². The lowest BCUT2D eigenvalue weighted by molar-refractivity contribution is 0.0696. The van der Waals surface area contributed by atoms with Gasteiger partial charge in [-0.2, -0.15) is 5.26 Å². The van der Waals surface area contributed by atoms with E-state index >= 15 is 0 Å². The van der Waals surface area contributed by atoms with Crippen molar-refractivity contribution in [3.63, 3.8) is 0 Å². The Morgan fingerprint density at radius 1 is 0.912 bits per heavy atom. The molecular formula is C28H27N3O2S. The van der Waals surface area contributed by atoms with Crippen LogP contribution in [0.3, 0.4) is 0 Å². The van der Waals surface area contributed by atoms with Crippen molar-refractivity contribution in [3.8, 4) is 6.07 Å². The second-order valence-corrected chi connectivity index (χ2v) is 9.53. The zero-order valence-electron chi connectivity index (χ0n) is 19.2. The Morgan fingerprint density at radius 2 is 1.56 bits per heavy atom. The molecule has 0 bridgehead atoms. The second kappa shape index (κ2) is 11.0. The molecule has 172 valence electrons. The number of hydrogen-bond acceptors (Lipinski definition) is 4. The topological polar surface area (TPSA) is 73.2 Å². The summed E-state index contributed by atoms with van der Waals surface area (Å²) in [5.41, 5.74) is 2.34. The van der Waals surface area contributed by atoms with Crippen molar-refractivity contribution < 1.29 is 9.59 Å². The van der Waals surface area contributed by atoms with E-state index in [0.717, 1.165) is 22.6 Å². The lowest BCUT2D eigenvalue weighted by Crippen LogP contribution is -2.38. The van der Waals surface area contributed by atoms with Crippen LogP contribution in [0.2, 0.25) is 0 Å². The Bertz CT molecular complexity index is 1210. The molecule has 0 atom stereocenters. The highest BCUT2D eigenvalue weighted by Gasteiger charge is 2.23. The molecule has 0 saturated heterocycles. The van der Waals surface area contributed by atoms with Gasteiger partial charge in [0.2, 0.25) is 0 Å². The Kier molecular flexibility index (Phi) is 7.66. The highest BCUT2D eigenvalue weighted by molar-refractivity contribution is 7.99. The van der Waals surface area contributed by atoms with Crippen LogP contribution in [0.1, 0.15) is 58.4 Å². The van der Waals surface area contributed by atoms with Crippen molar-refractivity contribution in [3.05, 3.63) is 89.5 Å². The molecule has 0 radical (unpaired) electrons. The van der Waals surface area contributed by atoms with Gasteiger partial charge in [0.25, 0.3) is 11.8 Å². The summed E-state index contributed by atoms with van der Waals surface area (Å²) in [6.07, 6.45) is 5.73. The maximum absolute atomic E-state index is 13.0. The van der Waals surface area contributed by atoms with E-state index in [1.807, 2.05) is 48.3 Å². The van der Waals surface area contributed by atoms with Gasteiger partial charge in [0.05, 0.1) is 11.1 Å². The van der Waals surface area contributed by atoms with E-state index in [1.165, 1.54) is 31.0 Å². The standard InChI is InChI=1S/C28H27N3O2S/c1-31(23-10-3-2-4-11-23)28(33)20-15-17-22(18-16-20)30-27(32)24-12-6-8-14-26(24)34-25-13-7-5-9-21(25)19-29/h5-9,12-18,23H,2-4,10-11H2,1H3,(H,30,32). The fourth-order valence-corrected chi connectivity index (χ4v) is 5.27. The fourth-order valence-electron chi connectivity index (χ4n) is 4.24. The number of hydrogen-bond donors (Lipinski definition) is 1. The van der Waals surface area contributed by atoms with E-state index < -0.39 is 0 Å². The molecule has 0 unspecified atom stereocenters. The smallest absolute Gasteiger partial charge is 0.256 e. The van der Waals surface area contributed by atoms with Gasteiger partial charge in [-0.15, -0.1) is 0 Å². The average molecular weight is 470 g/mol. The predicted molar refractivity (Wildman–Crippen MR) is 135 cm³/mol. The molecule has 1 aliphatic carbocycles. The highest BCUT2D eigenvalue weighted by atomic mass is 32.2. The molecule has 0 aromatic heterocycles. The van der Waals surface area contributed by atoms with Crippen LogP contribution in [-0.2, 0) is 0 Å². The van der Waals surface area contributed by atoms with Crippen molar-refractivity contribution in [2.75, 3.05) is 12.4 Å². The average Bonchev–Trinajstić information content (AvgIpc) is 2.89. The molecular weight excluding hydrogens is 442 g/mol. The van der Waals surface area contributed by atoms with Crippen LogP contribution in [0.15, 0.2) is 82.6 Å². The zero-order chi connectivity index (χ0) is 23.9. The minimum absolute atomic E-state index is 0.0164. The summed E-state index contributed by atoms with van der Waals surface area (Å²) >= 11 is 1.39. The molecule has 1 aliphatic rings. The van der Waals surface area contributed by atoms with Crippen LogP contribution in [-0.4, -0.2) is 29.8 Å². The van der Waals surface area contributed by atoms with Gasteiger partial charge in [-0.1, -0.05) is 55.3 Å². The van der Waals surface area contributed by atoms with E-state index in [0.29, 0.717) is 28.4 Å². The van der Waals surface area contributed by atoms with Crippen molar-refractivity contribution >= 4 is 29.3 Å². The van der Waals surface area contributed by atoms with Crippen molar-refractivity contribution in [1.82, 2.24) is 4.90 Å². The van der Waals surface area contributed by atoms with Crippen LogP contribution in [0, 0.1) is 11.3 Å². The van der Waals surface area contributed by atoms with Gasteiger partial charge in [0.1, 0.15) is 6.07 Å². The van der Waals surface area contributed by atoms with Crippen molar-refractivity contribution in [2.24, 2.45) is 0 Å². The first-order valence-electron chi connectivity index (χ1n) is 11.5. The fraction of sp³-hybridized carbons (Fsp3) is 0.250. The van der Waals surface area contributed by atoms with Gasteiger partial charge in [-0.3, -0.25) is 9.59 Å². The van der Waals surface area contributed by atoms with Crippen LogP contribution in [0.4, 0.5) is 5.69 Å². The van der Waals surface area contributed by atoms with E-state index in [4.69, 9.17) is 0 Å². The number of anilines is 1. The Labute approximate surface area is 204 Å². The van der Waals surface area contributed by atoms with Gasteiger partial charge in [-0.25, -0.2) is 0 Å². The molecule has 1 N–H and O–H groups in total. The summed E-state index contributed by atoms with van der Waals surface area (Å²) in [6, 6.07) is 24.2. The van der Waals surface area contributed by atoms with Gasteiger partial charge < -0.3 is 10.2 Å². The third kappa shape index (κ3) is 5.49. The first-order valence-corrected chi connectivity index (χ1v) is 12.3. The van der Waals surface area contributed by atoms with Gasteiger partial charge in [-0.05, 0) is 61.4 Å². The van der Waals surface area contributed by atoms with E-state index in [2.05, 4.69) is 11.4 Å². The predicted octanol–water partition coefficient (Wildman–Crippen LogP) is 6.37. The normalized spacial score (nSPS) is 13.6. The Morgan fingerprint density at radius 3 is 2.26 bits per heavy atom. The number of nitrogens with one attached hydrogen (secondary N) is 1. The lowest BCUT2D eigenvalue weighted by atomic mass is 9.94. The SMILES string of the molecule is CN(C(=O)c1ccc(NC(=O)c2ccccc2Sc2ccccc2C#N)cc1)C1CCCCC1. The largest absolute Gasteiger partial charge is 0.339 e. The quantitative estimate of drug-likeness (QED) is 0.455. The molecule has 34 heavy (non-hydrogen) atoms. The van der Waals surface area contributed by atoms with Crippen LogP contribution in [0.25, 0.3) is 0 Å². The third-order valence-corrected chi connectivity index (χ3v) is 7.34. The summed E-state index contributed by atoms with van der Waals surface area (Å²) in [5.74, 6) is -0.224. The van der Waals surface area contributed by atoms with Crippen LogP contribution < -0.4 is 5.32 Å². The summed E-state index contributed by atoms with van der Waals surface area (Å²) in [5, 5.41) is 12.3. The molecule has 0 heterocycles. The number of benzene rings is 3. The summed E-state index contributed by atoms with van der Waals surface area (Å²) in [4.78, 5) is 29.4. The number of nitriles is 1. The molecule has 3 aromatic rings. The van der Waals surface area contributed by atoms with Crippen LogP contribution >= 0.6 is 11.8 Å². The summed E-state index contributed by atoms with van der Waals surface area (Å²) < 4.78 is 0. The van der Waals surface area contributed by atoms with Gasteiger partial charge >= 0.3 is 0 Å². The highest BCUT2D eigenvalue weighted by Crippen LogP contribution is 2.33. The first kappa shape index (κ1) is 23.6. The Hall–Kier alpha value is -3.56. The van der Waals surface area contributed by atoms with Crippen molar-refractivity contribution in [2.45, 2.75) is 47.9 Å². The summed E-state index contributed by atoms with van der Waals surface area (Å²) in [7, 11) is 1.88. The number of carbonyl (C=O) groups is 2. The maximum atomic E-state index is 13.0. The van der Waals surface area contributed by atoms with E-state index in [9.17, 15) is 14.9 Å². The molecule has 2 amide bonds. The van der Waals surface area contributed by atoms with Crippen LogP contribution in [0.5, 0.6) is 0 Å². The Balaban J connectivity index is 1.45. The van der Waals surface area contributed by atoms with Gasteiger partial charge in [0, 0.05) is 34.1 Å². The lowest BCUT2D eigenvalue weighted by Gasteiger charge is -2.31. The van der Waals surface area contributed by atoms with E-state index in [-0.39, 0.29) is 11.8 Å². The number of rotatable bonds is 6. The molecule has 1 saturated carbocycles. The number of carbonyl (C=O) groups excluding carboxylic acids is 2. The minimum Gasteiger partial charge on any atom is -0.339 e. The number of nitrogens with zero attached hydrogens (tertiary/aromatic N) is 2. The molecule has 6 heteroatoms. The zero-order valence-corrected chi connectivity index (χ0v) is 20.0. The molecule has 5 nitrogen and oxygen atoms in total. The monoisotopic (exact) mass is 469 g/mol. The maximum Gasteiger partial charge on any atom is 0.256 e.